The molecule has 0 bridgehead atoms. The predicted octanol–water partition coefficient (Wildman–Crippen LogP) is 4.99. The smallest absolute Gasteiger partial charge is 0.228 e. The summed E-state index contributed by atoms with van der Waals surface area (Å²) in [5.41, 5.74) is 4.21. The zero-order valence-corrected chi connectivity index (χ0v) is 19.1. The molecule has 0 saturated carbocycles. The highest BCUT2D eigenvalue weighted by molar-refractivity contribution is 5.93. The Kier molecular flexibility index (Phi) is 6.90. The van der Waals surface area contributed by atoms with Gasteiger partial charge in [-0.15, -0.1) is 0 Å². The number of nitrogens with zero attached hydrogens (tertiary/aromatic N) is 3. The van der Waals surface area contributed by atoms with Crippen LogP contribution in [0.3, 0.4) is 0 Å². The summed E-state index contributed by atoms with van der Waals surface area (Å²) < 4.78 is 7.30. The van der Waals surface area contributed by atoms with Crippen molar-refractivity contribution in [2.45, 2.75) is 39.3 Å². The first-order valence-electron chi connectivity index (χ1n) is 11.3. The maximum atomic E-state index is 12.9. The van der Waals surface area contributed by atoms with Crippen LogP contribution in [0.25, 0.3) is 11.1 Å². The van der Waals surface area contributed by atoms with E-state index in [1.165, 1.54) is 5.56 Å². The molecule has 0 radical (unpaired) electrons. The summed E-state index contributed by atoms with van der Waals surface area (Å²) in [4.78, 5) is 15.3. The number of hydrogen-bond donors (Lipinski definition) is 1. The van der Waals surface area contributed by atoms with Crippen molar-refractivity contribution in [1.82, 2.24) is 14.7 Å². The predicted molar refractivity (Wildman–Crippen MR) is 128 cm³/mol. The number of anilines is 1. The van der Waals surface area contributed by atoms with Crippen LogP contribution >= 0.6 is 0 Å². The van der Waals surface area contributed by atoms with Crippen LogP contribution in [0.15, 0.2) is 60.9 Å². The van der Waals surface area contributed by atoms with Gasteiger partial charge in [0.2, 0.25) is 5.91 Å². The minimum absolute atomic E-state index is 0.00181. The van der Waals surface area contributed by atoms with Crippen LogP contribution in [-0.2, 0) is 11.3 Å². The number of carbonyl (C=O) groups excluding carboxylic acids is 1. The Balaban J connectivity index is 1.34. The van der Waals surface area contributed by atoms with E-state index in [2.05, 4.69) is 41.4 Å². The first-order valence-corrected chi connectivity index (χ1v) is 11.3. The molecule has 0 unspecified atom stereocenters. The van der Waals surface area contributed by atoms with Crippen LogP contribution < -0.4 is 10.1 Å². The van der Waals surface area contributed by atoms with Gasteiger partial charge in [0.05, 0.1) is 19.2 Å². The molecular weight excluding hydrogens is 400 g/mol. The number of benzene rings is 2. The molecule has 0 aliphatic carbocycles. The molecule has 4 rings (SSSR count). The van der Waals surface area contributed by atoms with Crippen molar-refractivity contribution in [2.75, 3.05) is 25.5 Å². The van der Waals surface area contributed by atoms with E-state index in [1.54, 1.807) is 7.11 Å². The third kappa shape index (κ3) is 5.37. The molecular formula is C26H32N4O2. The minimum Gasteiger partial charge on any atom is -0.497 e. The third-order valence-electron chi connectivity index (χ3n) is 6.02. The molecule has 1 amide bonds. The first kappa shape index (κ1) is 22.1. The van der Waals surface area contributed by atoms with Gasteiger partial charge in [0.15, 0.2) is 0 Å². The number of likely N-dealkylation sites (tertiary alicyclic amines) is 1. The Morgan fingerprint density at radius 2 is 2.00 bits per heavy atom. The first-order chi connectivity index (χ1) is 15.5. The topological polar surface area (TPSA) is 59.4 Å². The Labute approximate surface area is 190 Å². The van der Waals surface area contributed by atoms with Gasteiger partial charge in [0.1, 0.15) is 5.75 Å². The number of ether oxygens (including phenoxy) is 1. The fourth-order valence-electron chi connectivity index (χ4n) is 4.21. The van der Waals surface area contributed by atoms with Crippen LogP contribution in [0.2, 0.25) is 0 Å². The second-order valence-electron chi connectivity index (χ2n) is 8.80. The van der Waals surface area contributed by atoms with Gasteiger partial charge in [-0.05, 0) is 68.6 Å². The lowest BCUT2D eigenvalue weighted by molar-refractivity contribution is -0.121. The molecule has 1 aliphatic heterocycles. The highest BCUT2D eigenvalue weighted by Gasteiger charge is 2.26. The molecule has 6 nitrogen and oxygen atoms in total. The molecule has 1 saturated heterocycles. The van der Waals surface area contributed by atoms with E-state index in [9.17, 15) is 4.79 Å². The number of methoxy groups -OCH3 is 1. The summed E-state index contributed by atoms with van der Waals surface area (Å²) in [6.45, 7) is 6.89. The van der Waals surface area contributed by atoms with E-state index in [4.69, 9.17) is 4.74 Å². The van der Waals surface area contributed by atoms with Crippen LogP contribution in [0.4, 0.5) is 5.69 Å². The number of amides is 1. The zero-order chi connectivity index (χ0) is 22.5. The summed E-state index contributed by atoms with van der Waals surface area (Å²) in [5.74, 6) is 0.932. The SMILES string of the molecule is COc1cccc(-c2ccc(NC(=O)[C@@H]3CCCN(Cc4cnn(C(C)C)c4)C3)cc2)c1. The standard InChI is InChI=1S/C26H32N4O2/c1-19(2)30-17-20(15-27-30)16-29-13-5-7-23(18-29)26(31)28-24-11-9-21(10-12-24)22-6-4-8-25(14-22)32-3/h4,6,8-12,14-15,17,19,23H,5,7,13,16,18H2,1-3H3,(H,28,31)/t23-/m1/s1. The maximum Gasteiger partial charge on any atom is 0.228 e. The van der Waals surface area contributed by atoms with Crippen LogP contribution in [0.5, 0.6) is 5.75 Å². The van der Waals surface area contributed by atoms with E-state index < -0.39 is 0 Å². The molecule has 1 N–H and O–H groups in total. The molecule has 3 aromatic rings. The highest BCUT2D eigenvalue weighted by atomic mass is 16.5. The number of piperidine rings is 1. The van der Waals surface area contributed by atoms with E-state index in [0.717, 1.165) is 55.0 Å². The van der Waals surface area contributed by atoms with Gasteiger partial charge in [-0.3, -0.25) is 14.4 Å². The number of nitrogens with one attached hydrogen (secondary N) is 1. The Bertz CT molecular complexity index is 1040. The van der Waals surface area contributed by atoms with Gasteiger partial charge >= 0.3 is 0 Å². The van der Waals surface area contributed by atoms with Gasteiger partial charge in [-0.1, -0.05) is 24.3 Å². The quantitative estimate of drug-likeness (QED) is 0.571. The number of aromatic nitrogens is 2. The molecule has 2 aromatic carbocycles. The van der Waals surface area contributed by atoms with Gasteiger partial charge in [0.25, 0.3) is 0 Å². The maximum absolute atomic E-state index is 12.9. The summed E-state index contributed by atoms with van der Waals surface area (Å²) in [5, 5.41) is 7.54. The van der Waals surface area contributed by atoms with Gasteiger partial charge in [-0.25, -0.2) is 0 Å². The van der Waals surface area contributed by atoms with Crippen LogP contribution in [0, 0.1) is 5.92 Å². The molecule has 32 heavy (non-hydrogen) atoms. The fraction of sp³-hybridized carbons (Fsp3) is 0.385. The van der Waals surface area contributed by atoms with Crippen molar-refractivity contribution in [3.05, 3.63) is 66.5 Å². The average Bonchev–Trinajstić information content (AvgIpc) is 3.28. The summed E-state index contributed by atoms with van der Waals surface area (Å²) in [6, 6.07) is 16.3. The Hall–Kier alpha value is -3.12. The summed E-state index contributed by atoms with van der Waals surface area (Å²) in [6.07, 6.45) is 6.01. The lowest BCUT2D eigenvalue weighted by atomic mass is 9.96. The molecule has 0 spiro atoms. The summed E-state index contributed by atoms with van der Waals surface area (Å²) in [7, 11) is 1.67. The lowest BCUT2D eigenvalue weighted by Crippen LogP contribution is -2.40. The molecule has 6 heteroatoms. The van der Waals surface area contributed by atoms with Crippen molar-refractivity contribution in [3.8, 4) is 16.9 Å². The molecule has 1 aliphatic rings. The van der Waals surface area contributed by atoms with E-state index in [0.29, 0.717) is 6.04 Å². The number of carbonyl (C=O) groups is 1. The van der Waals surface area contributed by atoms with E-state index in [-0.39, 0.29) is 11.8 Å². The van der Waals surface area contributed by atoms with Crippen LogP contribution in [0.1, 0.15) is 38.3 Å². The number of rotatable bonds is 7. The third-order valence-corrected chi connectivity index (χ3v) is 6.02. The van der Waals surface area contributed by atoms with Crippen LogP contribution in [-0.4, -0.2) is 40.8 Å². The van der Waals surface area contributed by atoms with E-state index in [1.807, 2.05) is 53.3 Å². The largest absolute Gasteiger partial charge is 0.497 e. The van der Waals surface area contributed by atoms with Gasteiger partial charge in [0, 0.05) is 36.6 Å². The normalized spacial score (nSPS) is 16.8. The zero-order valence-electron chi connectivity index (χ0n) is 19.1. The second-order valence-corrected chi connectivity index (χ2v) is 8.80. The number of hydrogen-bond acceptors (Lipinski definition) is 4. The molecule has 1 fully saturated rings. The molecule has 1 aromatic heterocycles. The van der Waals surface area contributed by atoms with Crippen molar-refractivity contribution in [3.63, 3.8) is 0 Å². The van der Waals surface area contributed by atoms with E-state index >= 15 is 0 Å². The highest BCUT2D eigenvalue weighted by Crippen LogP contribution is 2.26. The monoisotopic (exact) mass is 432 g/mol. The molecule has 2 heterocycles. The fourth-order valence-corrected chi connectivity index (χ4v) is 4.21. The van der Waals surface area contributed by atoms with Gasteiger partial charge < -0.3 is 10.1 Å². The lowest BCUT2D eigenvalue weighted by Gasteiger charge is -2.31. The van der Waals surface area contributed by atoms with Crippen molar-refractivity contribution >= 4 is 11.6 Å². The van der Waals surface area contributed by atoms with Crippen molar-refractivity contribution < 1.29 is 9.53 Å². The van der Waals surface area contributed by atoms with Gasteiger partial charge in [-0.2, -0.15) is 5.10 Å². The Morgan fingerprint density at radius 3 is 2.72 bits per heavy atom. The van der Waals surface area contributed by atoms with Crippen molar-refractivity contribution in [1.29, 1.82) is 0 Å². The molecule has 1 atom stereocenters. The minimum atomic E-state index is 0.00181. The summed E-state index contributed by atoms with van der Waals surface area (Å²) >= 11 is 0. The average molecular weight is 433 g/mol. The second kappa shape index (κ2) is 10.0. The molecule has 168 valence electrons. The Morgan fingerprint density at radius 1 is 1.19 bits per heavy atom. The van der Waals surface area contributed by atoms with Crippen molar-refractivity contribution in [2.24, 2.45) is 5.92 Å².